The van der Waals surface area contributed by atoms with Crippen LogP contribution in [0.1, 0.15) is 162 Å². The van der Waals surface area contributed by atoms with E-state index in [0.29, 0.717) is 6.42 Å². The average Bonchev–Trinajstić information content (AvgIpc) is 3.06. The molecule has 0 aromatic rings. The SMILES string of the molecule is CC/C=C\C/C=C\C/C=C\C/C=C\CCCCCCC(=O)OC(COC(=O)CCCCCCCCCCCCC)COP(=O)(O)OCC. The molecule has 0 heterocycles. The molecule has 0 aliphatic heterocycles. The van der Waals surface area contributed by atoms with Crippen LogP contribution in [-0.4, -0.2) is 42.8 Å². The van der Waals surface area contributed by atoms with Crippen LogP contribution in [0.4, 0.5) is 0 Å². The van der Waals surface area contributed by atoms with Gasteiger partial charge >= 0.3 is 19.8 Å². The fourth-order valence-corrected chi connectivity index (χ4v) is 5.67. The van der Waals surface area contributed by atoms with Crippen LogP contribution < -0.4 is 0 Å². The van der Waals surface area contributed by atoms with Gasteiger partial charge in [0.1, 0.15) is 6.61 Å². The monoisotopic (exact) mass is 696 g/mol. The van der Waals surface area contributed by atoms with E-state index < -0.39 is 26.5 Å². The van der Waals surface area contributed by atoms with Crippen molar-refractivity contribution in [3.8, 4) is 0 Å². The van der Waals surface area contributed by atoms with Crippen molar-refractivity contribution in [1.29, 1.82) is 0 Å². The van der Waals surface area contributed by atoms with Crippen molar-refractivity contribution in [2.45, 2.75) is 168 Å². The molecule has 0 fully saturated rings. The van der Waals surface area contributed by atoms with Gasteiger partial charge in [0.15, 0.2) is 6.10 Å². The minimum atomic E-state index is -4.28. The smallest absolute Gasteiger partial charge is 0.462 e. The van der Waals surface area contributed by atoms with Crippen LogP contribution in [0.25, 0.3) is 0 Å². The number of ether oxygens (including phenoxy) is 2. The molecule has 0 aromatic carbocycles. The number of allylic oxidation sites excluding steroid dienone is 8. The van der Waals surface area contributed by atoms with Crippen molar-refractivity contribution in [1.82, 2.24) is 0 Å². The van der Waals surface area contributed by atoms with Crippen LogP contribution in [0.5, 0.6) is 0 Å². The maximum Gasteiger partial charge on any atom is 0.472 e. The molecule has 0 aliphatic rings. The third-order valence-corrected chi connectivity index (χ3v) is 8.71. The first kappa shape index (κ1) is 46.0. The van der Waals surface area contributed by atoms with E-state index in [0.717, 1.165) is 70.6 Å². The molecule has 0 rings (SSSR count). The Labute approximate surface area is 293 Å². The second kappa shape index (κ2) is 34.9. The lowest BCUT2D eigenvalue weighted by molar-refractivity contribution is -0.161. The quantitative estimate of drug-likeness (QED) is 0.0306. The van der Waals surface area contributed by atoms with Gasteiger partial charge in [-0.2, -0.15) is 0 Å². The Kier molecular flexibility index (Phi) is 33.4. The highest BCUT2D eigenvalue weighted by atomic mass is 31.2. The van der Waals surface area contributed by atoms with Gasteiger partial charge in [-0.05, 0) is 58.3 Å². The Morgan fingerprint density at radius 2 is 1.06 bits per heavy atom. The Morgan fingerprint density at radius 3 is 1.60 bits per heavy atom. The first-order chi connectivity index (χ1) is 23.3. The van der Waals surface area contributed by atoms with Gasteiger partial charge in [-0.3, -0.25) is 18.6 Å². The number of rotatable bonds is 34. The summed E-state index contributed by atoms with van der Waals surface area (Å²) in [4.78, 5) is 34.5. The molecule has 48 heavy (non-hydrogen) atoms. The van der Waals surface area contributed by atoms with Crippen LogP contribution in [-0.2, 0) is 32.7 Å². The number of carbonyl (C=O) groups excluding carboxylic acids is 2. The summed E-state index contributed by atoms with van der Waals surface area (Å²) < 4.78 is 32.5. The fourth-order valence-electron chi connectivity index (χ4n) is 4.91. The van der Waals surface area contributed by atoms with Crippen LogP contribution in [0, 0.1) is 0 Å². The number of carbonyl (C=O) groups is 2. The van der Waals surface area contributed by atoms with Crippen molar-refractivity contribution >= 4 is 19.8 Å². The van der Waals surface area contributed by atoms with E-state index in [1.807, 2.05) is 0 Å². The summed E-state index contributed by atoms with van der Waals surface area (Å²) in [7, 11) is -4.28. The molecule has 8 nitrogen and oxygen atoms in total. The van der Waals surface area contributed by atoms with Crippen molar-refractivity contribution in [2.24, 2.45) is 0 Å². The van der Waals surface area contributed by atoms with Gasteiger partial charge in [0.25, 0.3) is 0 Å². The molecular weight excluding hydrogens is 627 g/mol. The molecule has 0 aliphatic carbocycles. The summed E-state index contributed by atoms with van der Waals surface area (Å²) in [6.45, 7) is 5.30. The maximum atomic E-state index is 12.5. The molecule has 0 bridgehead atoms. The lowest BCUT2D eigenvalue weighted by Crippen LogP contribution is -2.29. The number of esters is 2. The summed E-state index contributed by atoms with van der Waals surface area (Å²) in [5.74, 6) is -0.828. The zero-order valence-electron chi connectivity index (χ0n) is 30.6. The molecule has 0 saturated carbocycles. The highest BCUT2D eigenvalue weighted by Crippen LogP contribution is 2.43. The van der Waals surface area contributed by atoms with E-state index in [1.165, 1.54) is 51.4 Å². The molecule has 2 atom stereocenters. The molecule has 0 spiro atoms. The molecule has 0 radical (unpaired) electrons. The highest BCUT2D eigenvalue weighted by molar-refractivity contribution is 7.47. The number of hydrogen-bond donors (Lipinski definition) is 1. The lowest BCUT2D eigenvalue weighted by Gasteiger charge is -2.19. The van der Waals surface area contributed by atoms with Crippen LogP contribution in [0.3, 0.4) is 0 Å². The van der Waals surface area contributed by atoms with E-state index in [2.05, 4.69) is 62.5 Å². The maximum absolute atomic E-state index is 12.5. The average molecular weight is 697 g/mol. The Bertz CT molecular complexity index is 927. The van der Waals surface area contributed by atoms with E-state index >= 15 is 0 Å². The predicted molar refractivity (Wildman–Crippen MR) is 198 cm³/mol. The summed E-state index contributed by atoms with van der Waals surface area (Å²) >= 11 is 0. The van der Waals surface area contributed by atoms with Crippen LogP contribution in [0.2, 0.25) is 0 Å². The van der Waals surface area contributed by atoms with Crippen molar-refractivity contribution < 1.29 is 37.6 Å². The third kappa shape index (κ3) is 33.9. The molecule has 1 N–H and O–H groups in total. The lowest BCUT2D eigenvalue weighted by atomic mass is 10.1. The van der Waals surface area contributed by atoms with Crippen molar-refractivity contribution in [3.63, 3.8) is 0 Å². The largest absolute Gasteiger partial charge is 0.472 e. The topological polar surface area (TPSA) is 108 Å². The van der Waals surface area contributed by atoms with Crippen molar-refractivity contribution in [2.75, 3.05) is 19.8 Å². The summed E-state index contributed by atoms with van der Waals surface area (Å²) in [5, 5.41) is 0. The predicted octanol–water partition coefficient (Wildman–Crippen LogP) is 11.4. The molecular formula is C39H69O8P. The van der Waals surface area contributed by atoms with E-state index in [4.69, 9.17) is 18.5 Å². The normalized spacial score (nSPS) is 14.0. The molecule has 0 aromatic heterocycles. The van der Waals surface area contributed by atoms with Crippen LogP contribution >= 0.6 is 7.82 Å². The number of phosphoric acid groups is 1. The zero-order valence-corrected chi connectivity index (χ0v) is 31.5. The minimum Gasteiger partial charge on any atom is -0.462 e. The van der Waals surface area contributed by atoms with Gasteiger partial charge in [0, 0.05) is 12.8 Å². The molecule has 2 unspecified atom stereocenters. The second-order valence-corrected chi connectivity index (χ2v) is 13.7. The standard InChI is InChI=1S/C39H69O8P/c1-4-7-9-11-13-15-17-18-19-20-21-22-24-26-28-30-32-34-39(41)47-37(36-46-48(42,43)45-6-3)35-44-38(40)33-31-29-27-25-23-16-14-12-10-8-5-2/h7,9,13,15,18-19,21-22,37H,4-6,8,10-12,14,16-17,20,23-36H2,1-3H3,(H,42,43)/b9-7-,15-13-,19-18-,22-21-. The number of unbranched alkanes of at least 4 members (excludes halogenated alkanes) is 14. The van der Waals surface area contributed by atoms with E-state index in [1.54, 1.807) is 6.92 Å². The molecule has 0 saturated heterocycles. The van der Waals surface area contributed by atoms with Gasteiger partial charge in [-0.15, -0.1) is 0 Å². The second-order valence-electron chi connectivity index (χ2n) is 12.2. The first-order valence-corrected chi connectivity index (χ1v) is 20.4. The minimum absolute atomic E-state index is 0.00550. The molecule has 9 heteroatoms. The van der Waals surface area contributed by atoms with Gasteiger partial charge in [-0.1, -0.05) is 140 Å². The Balaban J connectivity index is 4.21. The van der Waals surface area contributed by atoms with Gasteiger partial charge in [0.2, 0.25) is 0 Å². The van der Waals surface area contributed by atoms with Gasteiger partial charge in [-0.25, -0.2) is 4.57 Å². The summed E-state index contributed by atoms with van der Waals surface area (Å²) in [6, 6.07) is 0. The third-order valence-electron chi connectivity index (χ3n) is 7.65. The van der Waals surface area contributed by atoms with Crippen molar-refractivity contribution in [3.05, 3.63) is 48.6 Å². The fraction of sp³-hybridized carbons (Fsp3) is 0.744. The summed E-state index contributed by atoms with van der Waals surface area (Å²) in [6.07, 6.45) is 38.8. The van der Waals surface area contributed by atoms with Crippen LogP contribution in [0.15, 0.2) is 48.6 Å². The van der Waals surface area contributed by atoms with Gasteiger partial charge in [0.05, 0.1) is 13.2 Å². The van der Waals surface area contributed by atoms with Gasteiger partial charge < -0.3 is 14.4 Å². The molecule has 0 amide bonds. The number of phosphoric ester groups is 1. The Hall–Kier alpha value is -1.99. The Morgan fingerprint density at radius 1 is 0.583 bits per heavy atom. The number of hydrogen-bond acceptors (Lipinski definition) is 7. The first-order valence-electron chi connectivity index (χ1n) is 18.9. The zero-order chi connectivity index (χ0) is 35.4. The van der Waals surface area contributed by atoms with E-state index in [-0.39, 0.29) is 32.0 Å². The highest BCUT2D eigenvalue weighted by Gasteiger charge is 2.25. The summed E-state index contributed by atoms with van der Waals surface area (Å²) in [5.41, 5.74) is 0. The molecule has 278 valence electrons. The van der Waals surface area contributed by atoms with E-state index in [9.17, 15) is 19.0 Å².